The molecule has 1 fully saturated rings. The molecule has 0 bridgehead atoms. The maximum atomic E-state index is 11.6. The summed E-state index contributed by atoms with van der Waals surface area (Å²) in [5, 5.41) is 2.76. The number of carbonyl (C=O) groups excluding carboxylic acids is 1. The number of halogens is 1. The van der Waals surface area contributed by atoms with Gasteiger partial charge in [0.1, 0.15) is 16.0 Å². The first-order valence-corrected chi connectivity index (χ1v) is 7.91. The van der Waals surface area contributed by atoms with E-state index < -0.39 is 11.7 Å². The zero-order valence-corrected chi connectivity index (χ0v) is 14.3. The second-order valence-electron chi connectivity index (χ2n) is 6.10. The van der Waals surface area contributed by atoms with Crippen LogP contribution in [0.15, 0.2) is 10.8 Å². The van der Waals surface area contributed by atoms with Gasteiger partial charge < -0.3 is 19.4 Å². The van der Waals surface area contributed by atoms with Crippen LogP contribution in [-0.4, -0.2) is 41.0 Å². The fourth-order valence-electron chi connectivity index (χ4n) is 2.23. The summed E-state index contributed by atoms with van der Waals surface area (Å²) < 4.78 is 13.5. The van der Waals surface area contributed by atoms with Crippen molar-refractivity contribution in [3.63, 3.8) is 0 Å². The third-order valence-electron chi connectivity index (χ3n) is 3.09. The normalized spacial score (nSPS) is 18.8. The van der Waals surface area contributed by atoms with E-state index in [0.29, 0.717) is 25.6 Å². The predicted octanol–water partition coefficient (Wildman–Crippen LogP) is 2.67. The second-order valence-corrected chi connectivity index (χ2v) is 6.92. The molecule has 0 radical (unpaired) electrons. The van der Waals surface area contributed by atoms with Gasteiger partial charge in [-0.25, -0.2) is 9.78 Å². The Labute approximate surface area is 133 Å². The van der Waals surface area contributed by atoms with Crippen LogP contribution in [-0.2, 0) is 16.0 Å². The molecule has 1 N–H and O–H groups in total. The number of ether oxygens (including phenoxy) is 2. The van der Waals surface area contributed by atoms with Gasteiger partial charge in [0, 0.05) is 31.8 Å². The monoisotopic (exact) mass is 359 g/mol. The summed E-state index contributed by atoms with van der Waals surface area (Å²) in [6.45, 7) is 8.18. The summed E-state index contributed by atoms with van der Waals surface area (Å²) in [5.74, 6) is 1.34. The largest absolute Gasteiger partial charge is 0.444 e. The number of rotatable bonds is 4. The minimum Gasteiger partial charge on any atom is -0.444 e. The van der Waals surface area contributed by atoms with Crippen LogP contribution in [0.4, 0.5) is 4.79 Å². The van der Waals surface area contributed by atoms with Crippen LogP contribution in [0.25, 0.3) is 0 Å². The van der Waals surface area contributed by atoms with Crippen molar-refractivity contribution in [2.75, 3.05) is 19.8 Å². The van der Waals surface area contributed by atoms with Crippen molar-refractivity contribution in [1.29, 1.82) is 0 Å². The standard InChI is InChI=1S/C14H22BrN3O3/c1-14(2,3)21-13(19)16-5-6-18-8-11(15)17-12(18)10-4-7-20-9-10/h8,10H,4-7,9H2,1-3H3,(H,16,19). The van der Waals surface area contributed by atoms with E-state index in [4.69, 9.17) is 9.47 Å². The predicted molar refractivity (Wildman–Crippen MR) is 82.3 cm³/mol. The molecule has 2 rings (SSSR count). The molecule has 1 amide bonds. The Balaban J connectivity index is 1.87. The number of aromatic nitrogens is 2. The first-order chi connectivity index (χ1) is 9.85. The molecular weight excluding hydrogens is 338 g/mol. The first-order valence-electron chi connectivity index (χ1n) is 7.12. The van der Waals surface area contributed by atoms with Crippen molar-refractivity contribution in [3.8, 4) is 0 Å². The fraction of sp³-hybridized carbons (Fsp3) is 0.714. The number of hydrogen-bond acceptors (Lipinski definition) is 4. The van der Waals surface area contributed by atoms with Crippen LogP contribution in [0.3, 0.4) is 0 Å². The second kappa shape index (κ2) is 6.79. The van der Waals surface area contributed by atoms with Crippen LogP contribution >= 0.6 is 15.9 Å². The smallest absolute Gasteiger partial charge is 0.407 e. The maximum absolute atomic E-state index is 11.6. The van der Waals surface area contributed by atoms with Crippen LogP contribution in [0, 0.1) is 0 Å². The summed E-state index contributed by atoms with van der Waals surface area (Å²) in [4.78, 5) is 16.1. The summed E-state index contributed by atoms with van der Waals surface area (Å²) in [6.07, 6.45) is 2.53. The fourth-order valence-corrected chi connectivity index (χ4v) is 2.66. The lowest BCUT2D eigenvalue weighted by atomic mass is 10.1. The Hall–Kier alpha value is -1.08. The van der Waals surface area contributed by atoms with Gasteiger partial charge in [0.15, 0.2) is 0 Å². The Kier molecular flexibility index (Phi) is 5.27. The van der Waals surface area contributed by atoms with E-state index in [1.807, 2.05) is 27.0 Å². The van der Waals surface area contributed by atoms with Crippen LogP contribution in [0.2, 0.25) is 0 Å². The Bertz CT molecular complexity index is 490. The topological polar surface area (TPSA) is 65.4 Å². The van der Waals surface area contributed by atoms with E-state index in [0.717, 1.165) is 23.5 Å². The van der Waals surface area contributed by atoms with Crippen molar-refractivity contribution >= 4 is 22.0 Å². The van der Waals surface area contributed by atoms with Crippen molar-refractivity contribution < 1.29 is 14.3 Å². The molecule has 1 aromatic heterocycles. The van der Waals surface area contributed by atoms with Gasteiger partial charge >= 0.3 is 6.09 Å². The highest BCUT2D eigenvalue weighted by Gasteiger charge is 2.23. The van der Waals surface area contributed by atoms with Crippen molar-refractivity contribution in [2.24, 2.45) is 0 Å². The van der Waals surface area contributed by atoms with Crippen molar-refractivity contribution in [1.82, 2.24) is 14.9 Å². The van der Waals surface area contributed by atoms with Gasteiger partial charge in [-0.3, -0.25) is 0 Å². The Morgan fingerprint density at radius 3 is 3.00 bits per heavy atom. The van der Waals surface area contributed by atoms with Gasteiger partial charge in [-0.15, -0.1) is 0 Å². The molecule has 1 aliphatic heterocycles. The molecule has 0 aromatic carbocycles. The van der Waals surface area contributed by atoms with Gasteiger partial charge in [0.05, 0.1) is 6.61 Å². The molecule has 0 spiro atoms. The number of hydrogen-bond donors (Lipinski definition) is 1. The van der Waals surface area contributed by atoms with E-state index in [1.54, 1.807) is 0 Å². The molecule has 21 heavy (non-hydrogen) atoms. The average Bonchev–Trinajstić information content (AvgIpc) is 2.95. The lowest BCUT2D eigenvalue weighted by Gasteiger charge is -2.20. The molecule has 0 aliphatic carbocycles. The number of amides is 1. The Morgan fingerprint density at radius 2 is 2.38 bits per heavy atom. The molecule has 0 saturated carbocycles. The SMILES string of the molecule is CC(C)(C)OC(=O)NCCn1cc(Br)nc1C1CCOC1. The Morgan fingerprint density at radius 1 is 1.62 bits per heavy atom. The number of imidazole rings is 1. The van der Waals surface area contributed by atoms with E-state index in [9.17, 15) is 4.79 Å². The van der Waals surface area contributed by atoms with Gasteiger partial charge in [-0.2, -0.15) is 0 Å². The first kappa shape index (κ1) is 16.3. The van der Waals surface area contributed by atoms with Crippen molar-refractivity contribution in [2.45, 2.75) is 45.3 Å². The lowest BCUT2D eigenvalue weighted by molar-refractivity contribution is 0.0526. The van der Waals surface area contributed by atoms with Gasteiger partial charge in [-0.05, 0) is 43.1 Å². The summed E-state index contributed by atoms with van der Waals surface area (Å²) in [5.41, 5.74) is -0.478. The van der Waals surface area contributed by atoms with E-state index in [2.05, 4.69) is 30.8 Å². The summed E-state index contributed by atoms with van der Waals surface area (Å²) >= 11 is 3.41. The molecule has 1 aliphatic rings. The highest BCUT2D eigenvalue weighted by atomic mass is 79.9. The van der Waals surface area contributed by atoms with Gasteiger partial charge in [-0.1, -0.05) is 0 Å². The minimum atomic E-state index is -0.478. The third kappa shape index (κ3) is 5.00. The van der Waals surface area contributed by atoms with Crippen LogP contribution in [0.1, 0.15) is 38.9 Å². The van der Waals surface area contributed by atoms with E-state index >= 15 is 0 Å². The quantitative estimate of drug-likeness (QED) is 0.897. The van der Waals surface area contributed by atoms with E-state index in [1.165, 1.54) is 0 Å². The zero-order chi connectivity index (χ0) is 15.5. The third-order valence-corrected chi connectivity index (χ3v) is 3.48. The molecule has 1 aromatic rings. The molecular formula is C14H22BrN3O3. The van der Waals surface area contributed by atoms with Gasteiger partial charge in [0.25, 0.3) is 0 Å². The molecule has 1 saturated heterocycles. The molecule has 7 heteroatoms. The molecule has 118 valence electrons. The number of nitrogens with one attached hydrogen (secondary N) is 1. The molecule has 2 heterocycles. The summed E-state index contributed by atoms with van der Waals surface area (Å²) in [6, 6.07) is 0. The van der Waals surface area contributed by atoms with Crippen molar-refractivity contribution in [3.05, 3.63) is 16.6 Å². The highest BCUT2D eigenvalue weighted by Crippen LogP contribution is 2.25. The average molecular weight is 360 g/mol. The zero-order valence-electron chi connectivity index (χ0n) is 12.7. The number of carbonyl (C=O) groups is 1. The minimum absolute atomic E-state index is 0.331. The van der Waals surface area contributed by atoms with Gasteiger partial charge in [0.2, 0.25) is 0 Å². The van der Waals surface area contributed by atoms with Crippen LogP contribution < -0.4 is 5.32 Å². The lowest BCUT2D eigenvalue weighted by Crippen LogP contribution is -2.34. The molecule has 6 nitrogen and oxygen atoms in total. The number of alkyl carbamates (subject to hydrolysis) is 1. The molecule has 1 unspecified atom stereocenters. The van der Waals surface area contributed by atoms with Crippen LogP contribution in [0.5, 0.6) is 0 Å². The van der Waals surface area contributed by atoms with E-state index in [-0.39, 0.29) is 0 Å². The maximum Gasteiger partial charge on any atom is 0.407 e. The summed E-state index contributed by atoms with van der Waals surface area (Å²) in [7, 11) is 0. The highest BCUT2D eigenvalue weighted by molar-refractivity contribution is 9.10. The number of nitrogens with zero attached hydrogens (tertiary/aromatic N) is 2. The molecule has 1 atom stereocenters.